The average Bonchev–Trinajstić information content (AvgIpc) is 4.42. The maximum atomic E-state index is 14.0. The number of carbonyl (C=O) groups excluding carboxylic acids is 6. The van der Waals surface area contributed by atoms with Crippen LogP contribution in [0.3, 0.4) is 0 Å². The Labute approximate surface area is 488 Å². The van der Waals surface area contributed by atoms with Crippen LogP contribution < -0.4 is 16.4 Å². The first-order valence-electron chi connectivity index (χ1n) is 28.7. The monoisotopic (exact) mass is 1150 g/mol. The van der Waals surface area contributed by atoms with Crippen LogP contribution in [0, 0.1) is 11.8 Å². The standard InChI is InChI=1S/C29H34N4O3S.C25H27N3O2S.C9H17NO4/c1-18(30-2)27(35)32-26(20-12-14-21(34)15-13-20)29(36)33-16-6-11-25(33)28-31-24(17-37-28)23-10-5-8-19-7-3-4-9-22(19)23;26-23(17-10-12-18(29)13-11-17)25(30)28-14-4-9-22(28)24-27-21(15-31-24)20-8-3-6-16-5-1-2-7-19(16)20;1-6(7(11)12)10(5)8(13)14-9(2,3)4/h3-5,7-10,17-18,20,25-26,30H,6,11-16H2,1-2H3,(H,32,35);1-3,5-8,15,17,22-23H,4,9-14,26H2;6H,1-5H3,(H,11,12)/t18-,25-,26-;22-,23?;6-/m000/s1. The van der Waals surface area contributed by atoms with Gasteiger partial charge in [-0.25, -0.2) is 19.6 Å². The number of ether oxygens (including phenoxy) is 1. The highest BCUT2D eigenvalue weighted by molar-refractivity contribution is 7.10. The fourth-order valence-electron chi connectivity index (χ4n) is 11.2. The summed E-state index contributed by atoms with van der Waals surface area (Å²) in [7, 11) is 3.12. The molecule has 4 heterocycles. The molecule has 2 saturated heterocycles. The topological polar surface area (TPSA) is 235 Å². The molecule has 4 amide bonds. The molecule has 2 saturated carbocycles. The van der Waals surface area contributed by atoms with Crippen molar-refractivity contribution in [3.8, 4) is 22.5 Å². The Morgan fingerprint density at radius 1 is 0.683 bits per heavy atom. The molecule has 10 rings (SSSR count). The van der Waals surface area contributed by atoms with Crippen LogP contribution in [0.1, 0.15) is 134 Å². The SMILES string of the molecule is CN[C@@H](C)C(=O)N[C@H](C(=O)N1CCC[C@H]1c1nc(-c2cccc3ccccc23)cs1)C1CCC(=O)CC1.C[C@@H](C(=O)O)N(C)C(=O)OC(C)(C)C.NC(C(=O)N1CCC[C@H]1c1nc(-c2cccc3ccccc23)cs1)C1CCC(=O)CC1. The summed E-state index contributed by atoms with van der Waals surface area (Å²) in [4.78, 5) is 100. The third-order valence-corrected chi connectivity index (χ3v) is 18.2. The quantitative estimate of drug-likeness (QED) is 0.0843. The van der Waals surface area contributed by atoms with Gasteiger partial charge in [0.2, 0.25) is 17.7 Å². The molecule has 0 radical (unpaired) electrons. The van der Waals surface area contributed by atoms with E-state index in [4.69, 9.17) is 25.5 Å². The summed E-state index contributed by atoms with van der Waals surface area (Å²) in [5.74, 6) is -0.696. The zero-order valence-electron chi connectivity index (χ0n) is 48.1. The number of rotatable bonds is 13. The Morgan fingerprint density at radius 3 is 1.60 bits per heavy atom. The molecular weight excluding hydrogens is 1080 g/mol. The molecule has 4 aliphatic rings. The Kier molecular flexibility index (Phi) is 20.5. The van der Waals surface area contributed by atoms with E-state index in [0.717, 1.165) is 87.9 Å². The van der Waals surface area contributed by atoms with Crippen molar-refractivity contribution in [2.24, 2.45) is 17.6 Å². The number of likely N-dealkylation sites (tertiary alicyclic amines) is 2. The van der Waals surface area contributed by atoms with E-state index in [1.165, 1.54) is 30.1 Å². The maximum absolute atomic E-state index is 14.0. The molecule has 1 unspecified atom stereocenters. The van der Waals surface area contributed by atoms with Gasteiger partial charge in [-0.2, -0.15) is 0 Å². The number of nitrogens with one attached hydrogen (secondary N) is 2. The van der Waals surface area contributed by atoms with Crippen LogP contribution >= 0.6 is 22.7 Å². The number of benzene rings is 4. The minimum Gasteiger partial charge on any atom is -0.480 e. The first-order valence-corrected chi connectivity index (χ1v) is 30.4. The zero-order valence-corrected chi connectivity index (χ0v) is 49.7. The minimum absolute atomic E-state index is 0.00232. The Morgan fingerprint density at radius 2 is 1.13 bits per heavy atom. The molecule has 6 aromatic rings. The van der Waals surface area contributed by atoms with Gasteiger partial charge in [0, 0.05) is 67.7 Å². The first-order chi connectivity index (χ1) is 39.2. The number of hydrogen-bond donors (Lipinski definition) is 4. The zero-order chi connectivity index (χ0) is 58.8. The van der Waals surface area contributed by atoms with Crippen LogP contribution in [0.15, 0.2) is 95.7 Å². The number of aromatic nitrogens is 2. The maximum Gasteiger partial charge on any atom is 0.410 e. The van der Waals surface area contributed by atoms with Gasteiger partial charge in [-0.15, -0.1) is 22.7 Å². The van der Waals surface area contributed by atoms with Crippen molar-refractivity contribution in [1.29, 1.82) is 0 Å². The van der Waals surface area contributed by atoms with Gasteiger partial charge in [-0.3, -0.25) is 28.9 Å². The molecule has 19 heteroatoms. The number of likely N-dealkylation sites (N-methyl/N-ethyl adjacent to an activating group) is 2. The number of nitrogens with two attached hydrogens (primary N) is 1. The van der Waals surface area contributed by atoms with Crippen LogP contribution in [0.25, 0.3) is 44.1 Å². The summed E-state index contributed by atoms with van der Waals surface area (Å²) in [6, 6.07) is 26.6. The van der Waals surface area contributed by atoms with Crippen molar-refractivity contribution in [3.05, 3.63) is 106 Å². The number of hydrogen-bond acceptors (Lipinski definition) is 14. The summed E-state index contributed by atoms with van der Waals surface area (Å²) < 4.78 is 4.99. The summed E-state index contributed by atoms with van der Waals surface area (Å²) in [6.07, 6.45) is 7.76. The van der Waals surface area contributed by atoms with E-state index in [1.54, 1.807) is 57.4 Å². The second-order valence-electron chi connectivity index (χ2n) is 23.0. The van der Waals surface area contributed by atoms with Gasteiger partial charge in [0.05, 0.1) is 35.6 Å². The third kappa shape index (κ3) is 14.8. The summed E-state index contributed by atoms with van der Waals surface area (Å²) in [5, 5.41) is 25.5. The smallest absolute Gasteiger partial charge is 0.410 e. The number of thiazole rings is 2. The van der Waals surface area contributed by atoms with E-state index < -0.39 is 41.8 Å². The predicted octanol–water partition coefficient (Wildman–Crippen LogP) is 10.5. The first kappa shape index (κ1) is 61.1. The Bertz CT molecular complexity index is 3230. The summed E-state index contributed by atoms with van der Waals surface area (Å²) in [5.41, 5.74) is 9.90. The highest BCUT2D eigenvalue weighted by atomic mass is 32.1. The summed E-state index contributed by atoms with van der Waals surface area (Å²) in [6.45, 7) is 9.76. The number of ketones is 2. The van der Waals surface area contributed by atoms with Crippen molar-refractivity contribution in [2.45, 2.75) is 154 Å². The number of carboxylic acids is 1. The second-order valence-corrected chi connectivity index (χ2v) is 24.7. The fourth-order valence-corrected chi connectivity index (χ4v) is 13.2. The van der Waals surface area contributed by atoms with Gasteiger partial charge in [-0.05, 0) is 126 Å². The number of carboxylic acid groups (broad SMARTS) is 1. The molecular formula is C63H78N8O9S2. The molecule has 5 N–H and O–H groups in total. The number of nitrogens with zero attached hydrogens (tertiary/aromatic N) is 5. The van der Waals surface area contributed by atoms with Crippen molar-refractivity contribution < 1.29 is 43.4 Å². The van der Waals surface area contributed by atoms with E-state index in [-0.39, 0.29) is 47.4 Å². The Balaban J connectivity index is 0.000000177. The van der Waals surface area contributed by atoms with Gasteiger partial charge < -0.3 is 36.0 Å². The van der Waals surface area contributed by atoms with Gasteiger partial charge >= 0.3 is 12.1 Å². The highest BCUT2D eigenvalue weighted by Crippen LogP contribution is 2.41. The molecule has 436 valence electrons. The van der Waals surface area contributed by atoms with Gasteiger partial charge in [-0.1, -0.05) is 84.9 Å². The van der Waals surface area contributed by atoms with Crippen LogP contribution in [0.4, 0.5) is 4.79 Å². The number of carbonyl (C=O) groups is 7. The van der Waals surface area contributed by atoms with Crippen molar-refractivity contribution in [3.63, 3.8) is 0 Å². The van der Waals surface area contributed by atoms with Crippen LogP contribution in [-0.4, -0.2) is 128 Å². The van der Waals surface area contributed by atoms with Crippen molar-refractivity contribution in [1.82, 2.24) is 35.3 Å². The van der Waals surface area contributed by atoms with Crippen LogP contribution in [0.5, 0.6) is 0 Å². The highest BCUT2D eigenvalue weighted by Gasteiger charge is 2.42. The minimum atomic E-state index is -1.06. The van der Waals surface area contributed by atoms with E-state index >= 15 is 0 Å². The number of fused-ring (bicyclic) bond motifs is 2. The predicted molar refractivity (Wildman–Crippen MR) is 321 cm³/mol. The number of aliphatic carboxylic acids is 1. The van der Waals surface area contributed by atoms with Gasteiger partial charge in [0.25, 0.3) is 0 Å². The second kappa shape index (κ2) is 27.4. The lowest BCUT2D eigenvalue weighted by atomic mass is 9.82. The normalized spacial score (nSPS) is 19.3. The van der Waals surface area contributed by atoms with Crippen molar-refractivity contribution in [2.75, 3.05) is 27.2 Å². The van der Waals surface area contributed by atoms with E-state index in [1.807, 2.05) is 28.0 Å². The third-order valence-electron chi connectivity index (χ3n) is 16.3. The molecule has 4 aromatic carbocycles. The Hall–Kier alpha value is -6.93. The van der Waals surface area contributed by atoms with Crippen LogP contribution in [0.2, 0.25) is 0 Å². The van der Waals surface area contributed by atoms with Gasteiger partial charge in [0.15, 0.2) is 0 Å². The molecule has 6 atom stereocenters. The van der Waals surface area contributed by atoms with E-state index in [9.17, 15) is 33.6 Å². The number of amides is 4. The molecule has 4 fully saturated rings. The van der Waals surface area contributed by atoms with E-state index in [0.29, 0.717) is 50.9 Å². The lowest BCUT2D eigenvalue weighted by Gasteiger charge is -2.34. The lowest BCUT2D eigenvalue weighted by Crippen LogP contribution is -2.55. The molecule has 82 heavy (non-hydrogen) atoms. The molecule has 2 aliphatic heterocycles. The molecule has 17 nitrogen and oxygen atoms in total. The molecule has 0 spiro atoms. The number of Topliss-reactive ketones (excluding diaryl/α,β-unsaturated/α-hetero) is 2. The molecule has 2 aliphatic carbocycles. The summed E-state index contributed by atoms with van der Waals surface area (Å²) >= 11 is 3.22. The largest absolute Gasteiger partial charge is 0.480 e. The van der Waals surface area contributed by atoms with Gasteiger partial charge in [0.1, 0.15) is 39.3 Å². The van der Waals surface area contributed by atoms with Crippen LogP contribution in [-0.2, 0) is 33.5 Å². The fraction of sp³-hybridized carbons (Fsp3) is 0.476. The molecule has 2 aromatic heterocycles. The molecule has 0 bridgehead atoms. The lowest BCUT2D eigenvalue weighted by molar-refractivity contribution is -0.142. The average molecular weight is 1160 g/mol. The van der Waals surface area contributed by atoms with Crippen molar-refractivity contribution >= 4 is 85.6 Å². The van der Waals surface area contributed by atoms with E-state index in [2.05, 4.69) is 88.1 Å².